The molecule has 140 valence electrons. The van der Waals surface area contributed by atoms with Crippen molar-refractivity contribution in [2.24, 2.45) is 0 Å². The van der Waals surface area contributed by atoms with Crippen LogP contribution in [-0.4, -0.2) is 53.6 Å². The summed E-state index contributed by atoms with van der Waals surface area (Å²) >= 11 is 18.1. The second-order valence-electron chi connectivity index (χ2n) is 6.28. The van der Waals surface area contributed by atoms with E-state index in [9.17, 15) is 4.79 Å². The van der Waals surface area contributed by atoms with E-state index in [2.05, 4.69) is 20.3 Å². The normalized spacial score (nSPS) is 16.0. The number of piperazine rings is 1. The lowest BCUT2D eigenvalue weighted by Gasteiger charge is -2.33. The molecule has 9 heteroatoms. The Labute approximate surface area is 167 Å². The number of nitrogens with zero attached hydrogens (tertiary/aromatic N) is 3. The van der Waals surface area contributed by atoms with Gasteiger partial charge in [0.1, 0.15) is 0 Å². The van der Waals surface area contributed by atoms with E-state index in [1.807, 2.05) is 13.0 Å². The number of anilines is 1. The maximum atomic E-state index is 12.3. The summed E-state index contributed by atoms with van der Waals surface area (Å²) < 4.78 is 5.25. The van der Waals surface area contributed by atoms with Crippen molar-refractivity contribution in [1.29, 1.82) is 0 Å². The molecule has 0 atom stereocenters. The number of halogens is 3. The largest absolute Gasteiger partial charge is 0.360 e. The Kier molecular flexibility index (Phi) is 6.42. The van der Waals surface area contributed by atoms with Crippen LogP contribution in [0, 0.1) is 6.92 Å². The van der Waals surface area contributed by atoms with Crippen molar-refractivity contribution in [2.75, 3.05) is 38.0 Å². The van der Waals surface area contributed by atoms with Crippen LogP contribution in [0.4, 0.5) is 5.69 Å². The molecule has 0 unspecified atom stereocenters. The van der Waals surface area contributed by atoms with Gasteiger partial charge >= 0.3 is 0 Å². The van der Waals surface area contributed by atoms with Crippen molar-refractivity contribution in [1.82, 2.24) is 15.0 Å². The number of amides is 1. The topological polar surface area (TPSA) is 61.6 Å². The minimum absolute atomic E-state index is 0.157. The van der Waals surface area contributed by atoms with Crippen LogP contribution in [0.25, 0.3) is 0 Å². The molecule has 1 amide bonds. The van der Waals surface area contributed by atoms with E-state index in [0.29, 0.717) is 20.8 Å². The fraction of sp³-hybridized carbons (Fsp3) is 0.412. The number of hydrogen-bond acceptors (Lipinski definition) is 5. The highest BCUT2D eigenvalue weighted by molar-refractivity contribution is 6.42. The van der Waals surface area contributed by atoms with Gasteiger partial charge in [0, 0.05) is 37.3 Å². The second-order valence-corrected chi connectivity index (χ2v) is 7.53. The summed E-state index contributed by atoms with van der Waals surface area (Å²) in [5, 5.41) is 7.74. The van der Waals surface area contributed by atoms with E-state index in [4.69, 9.17) is 39.3 Å². The summed E-state index contributed by atoms with van der Waals surface area (Å²) in [4.78, 5) is 16.7. The minimum Gasteiger partial charge on any atom is -0.360 e. The van der Waals surface area contributed by atoms with Gasteiger partial charge < -0.3 is 9.84 Å². The van der Waals surface area contributed by atoms with Crippen LogP contribution in [-0.2, 0) is 11.3 Å². The number of hydrogen-bond donors (Lipinski definition) is 1. The number of aromatic nitrogens is 1. The van der Waals surface area contributed by atoms with Gasteiger partial charge in [-0.25, -0.2) is 0 Å². The molecule has 1 fully saturated rings. The van der Waals surface area contributed by atoms with Crippen molar-refractivity contribution in [3.8, 4) is 0 Å². The molecule has 1 aliphatic rings. The van der Waals surface area contributed by atoms with E-state index < -0.39 is 0 Å². The van der Waals surface area contributed by atoms with Gasteiger partial charge in [0.25, 0.3) is 0 Å². The zero-order valence-corrected chi connectivity index (χ0v) is 16.5. The summed E-state index contributed by atoms with van der Waals surface area (Å²) in [6.07, 6.45) is 0. The average molecular weight is 418 g/mol. The summed E-state index contributed by atoms with van der Waals surface area (Å²) in [7, 11) is 0. The van der Waals surface area contributed by atoms with Crippen LogP contribution in [0.3, 0.4) is 0 Å². The molecular weight excluding hydrogens is 399 g/mol. The van der Waals surface area contributed by atoms with Gasteiger partial charge in [0.15, 0.2) is 5.76 Å². The molecule has 6 nitrogen and oxygen atoms in total. The van der Waals surface area contributed by atoms with Gasteiger partial charge in [-0.1, -0.05) is 40.0 Å². The van der Waals surface area contributed by atoms with Crippen molar-refractivity contribution in [2.45, 2.75) is 13.5 Å². The smallest absolute Gasteiger partial charge is 0.238 e. The number of benzene rings is 1. The lowest BCUT2D eigenvalue weighted by molar-refractivity contribution is -0.117. The van der Waals surface area contributed by atoms with Gasteiger partial charge in [0.05, 0.1) is 34.5 Å². The molecule has 2 aromatic rings. The molecule has 1 aliphatic heterocycles. The standard InChI is InChI=1S/C17H19Cl3N4O2/c1-11-6-13(26-22-11)9-23-2-4-24(5-3-23)10-16(25)21-17-14(19)7-12(18)8-15(17)20/h6-8H,2-5,9-10H2,1H3,(H,21,25). The highest BCUT2D eigenvalue weighted by Crippen LogP contribution is 2.33. The molecule has 1 aromatic carbocycles. The zero-order chi connectivity index (χ0) is 18.7. The van der Waals surface area contributed by atoms with Crippen LogP contribution in [0.2, 0.25) is 15.1 Å². The second kappa shape index (κ2) is 8.59. The lowest BCUT2D eigenvalue weighted by atomic mass is 10.2. The summed E-state index contributed by atoms with van der Waals surface area (Å²) in [6, 6.07) is 5.04. The molecular formula is C17H19Cl3N4O2. The van der Waals surface area contributed by atoms with E-state index >= 15 is 0 Å². The molecule has 2 heterocycles. The molecule has 0 spiro atoms. The Morgan fingerprint density at radius 3 is 2.31 bits per heavy atom. The molecule has 1 N–H and O–H groups in total. The first-order valence-electron chi connectivity index (χ1n) is 8.22. The molecule has 0 saturated carbocycles. The zero-order valence-electron chi connectivity index (χ0n) is 14.3. The van der Waals surface area contributed by atoms with Gasteiger partial charge in [-0.15, -0.1) is 0 Å². The maximum absolute atomic E-state index is 12.3. The van der Waals surface area contributed by atoms with Gasteiger partial charge in [0.2, 0.25) is 5.91 Å². The van der Waals surface area contributed by atoms with Crippen LogP contribution in [0.15, 0.2) is 22.7 Å². The first-order valence-corrected chi connectivity index (χ1v) is 9.35. The van der Waals surface area contributed by atoms with Crippen LogP contribution >= 0.6 is 34.8 Å². The highest BCUT2D eigenvalue weighted by Gasteiger charge is 2.21. The third-order valence-electron chi connectivity index (χ3n) is 4.16. The molecule has 3 rings (SSSR count). The van der Waals surface area contributed by atoms with Gasteiger partial charge in [-0.2, -0.15) is 0 Å². The number of carbonyl (C=O) groups is 1. The quantitative estimate of drug-likeness (QED) is 0.804. The van der Waals surface area contributed by atoms with E-state index in [0.717, 1.165) is 44.2 Å². The van der Waals surface area contributed by atoms with Crippen molar-refractivity contribution in [3.05, 3.63) is 44.7 Å². The Morgan fingerprint density at radius 2 is 1.73 bits per heavy atom. The van der Waals surface area contributed by atoms with Crippen LogP contribution in [0.1, 0.15) is 11.5 Å². The number of nitrogens with one attached hydrogen (secondary N) is 1. The third-order valence-corrected chi connectivity index (χ3v) is 4.97. The average Bonchev–Trinajstić information content (AvgIpc) is 2.98. The monoisotopic (exact) mass is 416 g/mol. The first-order chi connectivity index (χ1) is 12.4. The lowest BCUT2D eigenvalue weighted by Crippen LogP contribution is -2.48. The summed E-state index contributed by atoms with van der Waals surface area (Å²) in [5.41, 5.74) is 1.27. The van der Waals surface area contributed by atoms with Gasteiger partial charge in [-0.05, 0) is 19.1 Å². The predicted octanol–water partition coefficient (Wildman–Crippen LogP) is 3.70. The molecule has 1 saturated heterocycles. The summed E-state index contributed by atoms with van der Waals surface area (Å²) in [5.74, 6) is 0.705. The third kappa shape index (κ3) is 5.11. The maximum Gasteiger partial charge on any atom is 0.238 e. The van der Waals surface area contributed by atoms with E-state index in [1.165, 1.54) is 0 Å². The first kappa shape index (κ1) is 19.5. The van der Waals surface area contributed by atoms with E-state index in [1.54, 1.807) is 12.1 Å². The van der Waals surface area contributed by atoms with Crippen molar-refractivity contribution < 1.29 is 9.32 Å². The number of aryl methyl sites for hydroxylation is 1. The van der Waals surface area contributed by atoms with Crippen LogP contribution in [0.5, 0.6) is 0 Å². The minimum atomic E-state index is -0.157. The SMILES string of the molecule is Cc1cc(CN2CCN(CC(=O)Nc3c(Cl)cc(Cl)cc3Cl)CC2)on1. The number of rotatable bonds is 5. The Hall–Kier alpha value is -1.31. The van der Waals surface area contributed by atoms with Gasteiger partial charge in [-0.3, -0.25) is 14.6 Å². The Balaban J connectivity index is 1.48. The highest BCUT2D eigenvalue weighted by atomic mass is 35.5. The predicted molar refractivity (Wildman–Crippen MR) is 103 cm³/mol. The fourth-order valence-electron chi connectivity index (χ4n) is 2.86. The molecule has 0 bridgehead atoms. The number of carbonyl (C=O) groups excluding carboxylic acids is 1. The Morgan fingerprint density at radius 1 is 1.12 bits per heavy atom. The van der Waals surface area contributed by atoms with Crippen molar-refractivity contribution in [3.63, 3.8) is 0 Å². The molecule has 0 radical (unpaired) electrons. The molecule has 26 heavy (non-hydrogen) atoms. The Bertz CT molecular complexity index is 765. The van der Waals surface area contributed by atoms with E-state index in [-0.39, 0.29) is 12.5 Å². The van der Waals surface area contributed by atoms with Crippen LogP contribution < -0.4 is 5.32 Å². The van der Waals surface area contributed by atoms with Crippen molar-refractivity contribution >= 4 is 46.4 Å². The molecule has 0 aliphatic carbocycles. The summed E-state index contributed by atoms with van der Waals surface area (Å²) in [6.45, 7) is 6.22. The molecule has 1 aromatic heterocycles. The fourth-order valence-corrected chi connectivity index (χ4v) is 3.77.